The summed E-state index contributed by atoms with van der Waals surface area (Å²) < 4.78 is 61.0. The van der Waals surface area contributed by atoms with Gasteiger partial charge in [-0.3, -0.25) is 28.1 Å². The highest BCUT2D eigenvalue weighted by Gasteiger charge is 2.47. The first kappa shape index (κ1) is 77.8. The molecule has 3 heterocycles. The lowest BCUT2D eigenvalue weighted by Gasteiger charge is -2.36. The molecule has 0 spiro atoms. The molecule has 1 aliphatic rings. The Morgan fingerprint density at radius 1 is 0.709 bits per heavy atom. The molecule has 0 aromatic carbocycles. The number of hydrogen-bond acceptors (Lipinski definition) is 23. The van der Waals surface area contributed by atoms with Gasteiger partial charge in [0.05, 0.1) is 33.5 Å². The molecular formula is C57H102N7O18P3S-4. The number of nitrogen functional groups attached to an aromatic ring is 1. The van der Waals surface area contributed by atoms with Crippen molar-refractivity contribution in [2.45, 2.75) is 276 Å². The molecular weight excluding hydrogens is 1200 g/mol. The van der Waals surface area contributed by atoms with Gasteiger partial charge in [-0.1, -0.05) is 232 Å². The van der Waals surface area contributed by atoms with E-state index in [2.05, 4.69) is 50.4 Å². The maximum Gasteiger partial charge on any atom is 0.274 e. The molecule has 3 rings (SSSR count). The number of thioether (sulfide) groups is 1. The number of nitrogens with one attached hydrogen (secondary N) is 2. The molecule has 2 unspecified atom stereocenters. The van der Waals surface area contributed by atoms with E-state index in [9.17, 15) is 63.0 Å². The van der Waals surface area contributed by atoms with E-state index in [4.69, 9.17) is 10.5 Å². The largest absolute Gasteiger partial charge is 0.790 e. The summed E-state index contributed by atoms with van der Waals surface area (Å²) in [6.07, 6.45) is 33.9. The summed E-state index contributed by atoms with van der Waals surface area (Å²) in [4.78, 5) is 97.4. The number of fused-ring (bicyclic) bond motifs is 1. The minimum absolute atomic E-state index is 0.0184. The van der Waals surface area contributed by atoms with Crippen LogP contribution in [0, 0.1) is 5.41 Å². The maximum absolute atomic E-state index is 12.7. The second-order valence-electron chi connectivity index (χ2n) is 23.5. The summed E-state index contributed by atoms with van der Waals surface area (Å²) in [6.45, 7) is 2.30. The van der Waals surface area contributed by atoms with Crippen LogP contribution in [0.15, 0.2) is 12.7 Å². The van der Waals surface area contributed by atoms with Gasteiger partial charge in [0.2, 0.25) is 11.8 Å². The van der Waals surface area contributed by atoms with Crippen LogP contribution in [0.5, 0.6) is 0 Å². The highest BCUT2D eigenvalue weighted by Crippen LogP contribution is 2.56. The maximum atomic E-state index is 12.7. The third kappa shape index (κ3) is 34.1. The van der Waals surface area contributed by atoms with Crippen molar-refractivity contribution in [3.8, 4) is 0 Å². The SMILES string of the molecule is CCCCCCCCCCCCCCCCCCCCCCCCCCCCCCCCC[C@@H](O)CC(=O)SCCNC(=O)CCNC(=O)[C@H](O)C(C)(C)COP(=O)([O-])OP(=O)([O-])OC[C@H]1O[C@@H](n2cnc3c(N)ncnc32)[C@H](O)[C@@H]1OP(=O)([O-])[O-]. The molecule has 0 aliphatic carbocycles. The molecule has 2 aromatic heterocycles. The van der Waals surface area contributed by atoms with Crippen molar-refractivity contribution in [3.63, 3.8) is 0 Å². The van der Waals surface area contributed by atoms with Crippen LogP contribution in [0.4, 0.5) is 5.82 Å². The van der Waals surface area contributed by atoms with Crippen LogP contribution in [0.25, 0.3) is 11.2 Å². The van der Waals surface area contributed by atoms with Crippen LogP contribution < -0.4 is 35.9 Å². The predicted molar refractivity (Wildman–Crippen MR) is 322 cm³/mol. The molecule has 498 valence electrons. The van der Waals surface area contributed by atoms with E-state index in [1.807, 2.05) is 0 Å². The van der Waals surface area contributed by atoms with E-state index in [1.54, 1.807) is 0 Å². The molecule has 25 nitrogen and oxygen atoms in total. The number of nitrogens with zero attached hydrogens (tertiary/aromatic N) is 4. The Hall–Kier alpha value is -2.48. The predicted octanol–water partition coefficient (Wildman–Crippen LogP) is 8.39. The van der Waals surface area contributed by atoms with E-state index in [-0.39, 0.29) is 53.8 Å². The van der Waals surface area contributed by atoms with E-state index >= 15 is 0 Å². The van der Waals surface area contributed by atoms with E-state index < -0.39 is 90.7 Å². The van der Waals surface area contributed by atoms with Crippen molar-refractivity contribution in [3.05, 3.63) is 12.7 Å². The summed E-state index contributed by atoms with van der Waals surface area (Å²) >= 11 is 0.998. The van der Waals surface area contributed by atoms with E-state index in [0.717, 1.165) is 48.2 Å². The molecule has 7 N–H and O–H groups in total. The van der Waals surface area contributed by atoms with Crippen molar-refractivity contribution in [2.75, 3.05) is 37.8 Å². The van der Waals surface area contributed by atoms with Crippen molar-refractivity contribution in [2.24, 2.45) is 5.41 Å². The fourth-order valence-electron chi connectivity index (χ4n) is 10.2. The van der Waals surface area contributed by atoms with Gasteiger partial charge >= 0.3 is 0 Å². The highest BCUT2D eigenvalue weighted by atomic mass is 32.2. The number of aliphatic hydroxyl groups excluding tert-OH is 3. The summed E-state index contributed by atoms with van der Waals surface area (Å²) in [5.74, 6) is -1.31. The number of nitrogens with two attached hydrogens (primary N) is 1. The number of phosphoric ester groups is 3. The molecule has 0 radical (unpaired) electrons. The number of rotatable bonds is 53. The molecule has 2 amide bonds. The average molecular weight is 1300 g/mol. The summed E-state index contributed by atoms with van der Waals surface area (Å²) in [5, 5.41) is 36.7. The Balaban J connectivity index is 1.13. The number of aliphatic hydroxyl groups is 3. The number of aromatic nitrogens is 4. The Morgan fingerprint density at radius 3 is 1.67 bits per heavy atom. The molecule has 1 aliphatic heterocycles. The van der Waals surface area contributed by atoms with Gasteiger partial charge in [-0.15, -0.1) is 0 Å². The lowest BCUT2D eigenvalue weighted by molar-refractivity contribution is -0.347. The Labute approximate surface area is 514 Å². The fraction of sp³-hybridized carbons (Fsp3) is 0.860. The number of amides is 2. The van der Waals surface area contributed by atoms with Crippen LogP contribution in [-0.2, 0) is 50.7 Å². The molecule has 1 saturated heterocycles. The van der Waals surface area contributed by atoms with Crippen molar-refractivity contribution >= 4 is 69.1 Å². The molecule has 0 saturated carbocycles. The average Bonchev–Trinajstić information content (AvgIpc) is 1.67. The van der Waals surface area contributed by atoms with Gasteiger partial charge in [0.15, 0.2) is 22.8 Å². The van der Waals surface area contributed by atoms with Crippen molar-refractivity contribution in [1.82, 2.24) is 30.2 Å². The zero-order valence-electron chi connectivity index (χ0n) is 51.3. The summed E-state index contributed by atoms with van der Waals surface area (Å²) in [5.41, 5.74) is 4.08. The minimum Gasteiger partial charge on any atom is -0.790 e. The zero-order chi connectivity index (χ0) is 63.3. The minimum atomic E-state index is -5.94. The van der Waals surface area contributed by atoms with Crippen molar-refractivity contribution < 1.29 is 85.6 Å². The Kier molecular flexibility index (Phi) is 39.2. The monoisotopic (exact) mass is 1300 g/mol. The Bertz CT molecular complexity index is 2360. The number of imidazole rings is 1. The Morgan fingerprint density at radius 2 is 1.19 bits per heavy atom. The van der Waals surface area contributed by atoms with Crippen LogP contribution in [0.1, 0.15) is 245 Å². The molecule has 29 heteroatoms. The number of unbranched alkanes of at least 4 members (excludes halogenated alkanes) is 30. The topological polar surface area (TPSA) is 395 Å². The quantitative estimate of drug-likeness (QED) is 0.0267. The third-order valence-electron chi connectivity index (χ3n) is 15.3. The molecule has 86 heavy (non-hydrogen) atoms. The number of carbonyl (C=O) groups excluding carboxylic acids is 3. The first-order chi connectivity index (χ1) is 40.9. The number of phosphoric acid groups is 3. The number of ether oxygens (including phenoxy) is 1. The normalized spacial score (nSPS) is 18.7. The van der Waals surface area contributed by atoms with Gasteiger partial charge in [0.1, 0.15) is 36.3 Å². The summed E-state index contributed by atoms with van der Waals surface area (Å²) in [6, 6.07) is 0. The second-order valence-corrected chi connectivity index (χ2v) is 28.7. The fourth-order valence-corrected chi connectivity index (χ4v) is 13.7. The van der Waals surface area contributed by atoms with Crippen LogP contribution in [0.2, 0.25) is 0 Å². The number of anilines is 1. The van der Waals surface area contributed by atoms with Gasteiger partial charge in [0.25, 0.3) is 15.6 Å². The molecule has 0 bridgehead atoms. The van der Waals surface area contributed by atoms with E-state index in [1.165, 1.54) is 194 Å². The molecule has 2 aromatic rings. The van der Waals surface area contributed by atoms with Gasteiger partial charge in [-0.25, -0.2) is 19.3 Å². The standard InChI is InChI=1S/C57H106N7O18P3S/c1-4-5-6-7-8-9-10-11-12-13-14-15-16-17-18-19-20-21-22-23-24-25-26-27-28-29-30-31-32-33-34-35-45(65)40-48(67)86-39-38-59-47(66)36-37-60-55(70)52(69)57(2,3)42-79-85(76,77)82-84(74,75)78-41-46-51(81-83(71,72)73)50(68)56(80-46)64-44-63-49-53(58)61-43-62-54(49)64/h43-46,50-52,56,65,68-69H,4-42H2,1-3H3,(H,59,66)(H,60,70)(H,74,75)(H,76,77)(H2,58,61,62)(H2,71,72,73)/p-4/t45-,46-,50-,51-,52+,56-/m1/s1. The lowest BCUT2D eigenvalue weighted by Crippen LogP contribution is -2.46. The molecule has 8 atom stereocenters. The van der Waals surface area contributed by atoms with Crippen LogP contribution in [-0.4, -0.2) is 114 Å². The smallest absolute Gasteiger partial charge is 0.274 e. The first-order valence-corrected chi connectivity index (χ1v) is 37.0. The second kappa shape index (κ2) is 43.3. The summed E-state index contributed by atoms with van der Waals surface area (Å²) in [7, 11) is -17.7. The van der Waals surface area contributed by atoms with Gasteiger partial charge in [-0.05, 0) is 6.42 Å². The highest BCUT2D eigenvalue weighted by molar-refractivity contribution is 8.13. The third-order valence-corrected chi connectivity index (χ3v) is 19.2. The van der Waals surface area contributed by atoms with E-state index in [0.29, 0.717) is 6.42 Å². The first-order valence-electron chi connectivity index (χ1n) is 31.6. The number of hydrogen-bond donors (Lipinski definition) is 6. The van der Waals surface area contributed by atoms with Crippen LogP contribution in [0.3, 0.4) is 0 Å². The van der Waals surface area contributed by atoms with Crippen LogP contribution >= 0.6 is 35.2 Å². The van der Waals surface area contributed by atoms with Gasteiger partial charge in [0, 0.05) is 37.1 Å². The van der Waals surface area contributed by atoms with Gasteiger partial charge in [-0.2, -0.15) is 0 Å². The molecule has 1 fully saturated rings. The zero-order valence-corrected chi connectivity index (χ0v) is 54.8. The van der Waals surface area contributed by atoms with Crippen molar-refractivity contribution in [1.29, 1.82) is 0 Å². The van der Waals surface area contributed by atoms with Gasteiger partial charge < -0.3 is 74.1 Å². The lowest BCUT2D eigenvalue weighted by atomic mass is 9.87. The number of carbonyl (C=O) groups is 3.